The van der Waals surface area contributed by atoms with E-state index < -0.39 is 6.10 Å². The fourth-order valence-corrected chi connectivity index (χ4v) is 6.94. The zero-order chi connectivity index (χ0) is 47.7. The van der Waals surface area contributed by atoms with Gasteiger partial charge in [0.05, 0.1) is 6.61 Å². The average Bonchev–Trinajstić information content (AvgIpc) is 3.32. The van der Waals surface area contributed by atoms with Crippen LogP contribution in [0.4, 0.5) is 0 Å². The number of hydrogen-bond acceptors (Lipinski definition) is 5. The molecule has 0 saturated heterocycles. The molecule has 0 radical (unpaired) electrons. The Hall–Kier alpha value is -3.70. The third-order valence-electron chi connectivity index (χ3n) is 11.0. The molecule has 5 heteroatoms. The van der Waals surface area contributed by atoms with Gasteiger partial charge >= 0.3 is 11.9 Å². The van der Waals surface area contributed by atoms with Gasteiger partial charge in [-0.1, -0.05) is 206 Å². The van der Waals surface area contributed by atoms with Gasteiger partial charge in [-0.2, -0.15) is 0 Å². The molecular weight excluding hydrogens is 813 g/mol. The van der Waals surface area contributed by atoms with Crippen LogP contribution >= 0.6 is 0 Å². The number of ether oxygens (including phenoxy) is 3. The van der Waals surface area contributed by atoms with Crippen molar-refractivity contribution >= 4 is 11.9 Å². The minimum Gasteiger partial charge on any atom is -0.462 e. The van der Waals surface area contributed by atoms with Gasteiger partial charge in [0.1, 0.15) is 6.61 Å². The highest BCUT2D eigenvalue weighted by molar-refractivity contribution is 5.70. The normalized spacial score (nSPS) is 13.2. The summed E-state index contributed by atoms with van der Waals surface area (Å²) in [7, 11) is 0. The second-order valence-electron chi connectivity index (χ2n) is 17.4. The maximum atomic E-state index is 12.8. The number of esters is 2. The summed E-state index contributed by atoms with van der Waals surface area (Å²) in [5, 5.41) is 0. The molecule has 0 saturated carbocycles. The molecule has 0 amide bonds. The summed E-state index contributed by atoms with van der Waals surface area (Å²) in [6.07, 6.45) is 77.9. The molecule has 0 aliphatic carbocycles. The monoisotopic (exact) mass is 913 g/mol. The fourth-order valence-electron chi connectivity index (χ4n) is 6.94. The summed E-state index contributed by atoms with van der Waals surface area (Å²) in [6, 6.07) is 0. The maximum Gasteiger partial charge on any atom is 0.306 e. The third kappa shape index (κ3) is 52.9. The Labute approximate surface area is 407 Å². The smallest absolute Gasteiger partial charge is 0.306 e. The fraction of sp³-hybridized carbons (Fsp3) is 0.639. The Balaban J connectivity index is 4.45. The second kappa shape index (κ2) is 55.6. The standard InChI is InChI=1S/C61H100O5/c1-4-7-10-13-16-19-22-25-28-29-30-31-32-35-38-41-44-47-50-53-56-64-57-59(66-61(63)55-52-49-46-43-40-37-34-27-24-21-18-15-12-9-6-3)58-65-60(62)54-51-48-45-42-39-36-33-26-23-20-17-14-11-8-5-2/h7,10,16-21,25-28,30-31,33-35,38,44,47,59H,4-6,8-9,11-15,22-24,29,32,36-37,39-43,45-46,48-58H2,1-3H3/b10-7-,19-16-,20-17-,21-18-,28-25-,31-30-,33-26-,34-27-,38-35-,47-44-. The van der Waals surface area contributed by atoms with Gasteiger partial charge in [-0.3, -0.25) is 9.59 Å². The van der Waals surface area contributed by atoms with Crippen molar-refractivity contribution in [2.75, 3.05) is 19.8 Å². The van der Waals surface area contributed by atoms with Crippen LogP contribution in [-0.2, 0) is 23.8 Å². The van der Waals surface area contributed by atoms with Crippen LogP contribution in [0.25, 0.3) is 0 Å². The summed E-state index contributed by atoms with van der Waals surface area (Å²) in [4.78, 5) is 25.4. The van der Waals surface area contributed by atoms with Crippen molar-refractivity contribution in [3.8, 4) is 0 Å². The Morgan fingerprint density at radius 2 is 0.682 bits per heavy atom. The van der Waals surface area contributed by atoms with Crippen LogP contribution in [0, 0.1) is 0 Å². The van der Waals surface area contributed by atoms with Gasteiger partial charge in [-0.25, -0.2) is 0 Å². The topological polar surface area (TPSA) is 61.8 Å². The highest BCUT2D eigenvalue weighted by atomic mass is 16.6. The summed E-state index contributed by atoms with van der Waals surface area (Å²) >= 11 is 0. The summed E-state index contributed by atoms with van der Waals surface area (Å²) < 4.78 is 17.3. The number of allylic oxidation sites excluding steroid dienone is 20. The predicted molar refractivity (Wildman–Crippen MR) is 288 cm³/mol. The van der Waals surface area contributed by atoms with Gasteiger partial charge in [-0.05, 0) is 128 Å². The molecular formula is C61H100O5. The zero-order valence-corrected chi connectivity index (χ0v) is 42.9. The second-order valence-corrected chi connectivity index (χ2v) is 17.4. The predicted octanol–water partition coefficient (Wildman–Crippen LogP) is 18.6. The number of carbonyl (C=O) groups is 2. The van der Waals surface area contributed by atoms with Crippen molar-refractivity contribution < 1.29 is 23.8 Å². The molecule has 0 aromatic heterocycles. The Bertz CT molecular complexity index is 1350. The van der Waals surface area contributed by atoms with E-state index in [1.807, 2.05) is 0 Å². The van der Waals surface area contributed by atoms with Crippen molar-refractivity contribution in [2.24, 2.45) is 0 Å². The van der Waals surface area contributed by atoms with Gasteiger partial charge in [0.2, 0.25) is 0 Å². The summed E-state index contributed by atoms with van der Waals surface area (Å²) in [5.41, 5.74) is 0. The molecule has 0 aromatic rings. The Kier molecular flexibility index (Phi) is 52.5. The van der Waals surface area contributed by atoms with E-state index in [4.69, 9.17) is 14.2 Å². The molecule has 0 N–H and O–H groups in total. The van der Waals surface area contributed by atoms with Crippen molar-refractivity contribution in [1.82, 2.24) is 0 Å². The molecule has 0 heterocycles. The van der Waals surface area contributed by atoms with Crippen molar-refractivity contribution in [3.63, 3.8) is 0 Å². The van der Waals surface area contributed by atoms with Crippen LogP contribution in [-0.4, -0.2) is 37.9 Å². The largest absolute Gasteiger partial charge is 0.462 e. The van der Waals surface area contributed by atoms with Gasteiger partial charge in [0, 0.05) is 19.4 Å². The zero-order valence-electron chi connectivity index (χ0n) is 42.9. The van der Waals surface area contributed by atoms with E-state index in [-0.39, 0.29) is 25.2 Å². The lowest BCUT2D eigenvalue weighted by Gasteiger charge is -2.18. The summed E-state index contributed by atoms with van der Waals surface area (Å²) in [5.74, 6) is -0.467. The molecule has 0 fully saturated rings. The lowest BCUT2D eigenvalue weighted by atomic mass is 10.1. The van der Waals surface area contributed by atoms with E-state index >= 15 is 0 Å². The van der Waals surface area contributed by atoms with Crippen molar-refractivity contribution in [3.05, 3.63) is 122 Å². The van der Waals surface area contributed by atoms with Crippen LogP contribution in [0.5, 0.6) is 0 Å². The first kappa shape index (κ1) is 62.3. The van der Waals surface area contributed by atoms with E-state index in [0.29, 0.717) is 19.4 Å². The number of unbranched alkanes of at least 4 members (excludes halogenated alkanes) is 17. The molecule has 0 bridgehead atoms. The van der Waals surface area contributed by atoms with Gasteiger partial charge < -0.3 is 14.2 Å². The number of hydrogen-bond donors (Lipinski definition) is 0. The molecule has 374 valence electrons. The maximum absolute atomic E-state index is 12.8. The van der Waals surface area contributed by atoms with Crippen LogP contribution in [0.1, 0.15) is 226 Å². The minimum absolute atomic E-state index is 0.0418. The first-order valence-corrected chi connectivity index (χ1v) is 27.1. The number of rotatable bonds is 48. The molecule has 0 aliphatic rings. The SMILES string of the molecule is CC/C=C\C/C=C\C/C=C\C/C=C\C/C=C\C/C=C\CCCOCC(COC(=O)CCCCCCC/C=C\C/C=C\CCCCC)OC(=O)CCCCCCC/C=C\C/C=C\CCCCC. The molecule has 5 nitrogen and oxygen atoms in total. The van der Waals surface area contributed by atoms with Gasteiger partial charge in [-0.15, -0.1) is 0 Å². The quantitative estimate of drug-likeness (QED) is 0.0346. The first-order valence-electron chi connectivity index (χ1n) is 27.1. The van der Waals surface area contributed by atoms with Crippen LogP contribution in [0.3, 0.4) is 0 Å². The van der Waals surface area contributed by atoms with E-state index in [2.05, 4.69) is 142 Å². The van der Waals surface area contributed by atoms with E-state index in [0.717, 1.165) is 116 Å². The molecule has 0 spiro atoms. The first-order chi connectivity index (χ1) is 32.6. The molecule has 66 heavy (non-hydrogen) atoms. The third-order valence-corrected chi connectivity index (χ3v) is 11.0. The van der Waals surface area contributed by atoms with Crippen LogP contribution in [0.2, 0.25) is 0 Å². The molecule has 1 atom stereocenters. The van der Waals surface area contributed by atoms with Crippen LogP contribution < -0.4 is 0 Å². The van der Waals surface area contributed by atoms with Gasteiger partial charge in [0.15, 0.2) is 6.10 Å². The minimum atomic E-state index is -0.588. The molecule has 0 aliphatic heterocycles. The van der Waals surface area contributed by atoms with E-state index in [1.165, 1.54) is 77.0 Å². The average molecular weight is 913 g/mol. The highest BCUT2D eigenvalue weighted by Gasteiger charge is 2.17. The lowest BCUT2D eigenvalue weighted by Crippen LogP contribution is -2.30. The van der Waals surface area contributed by atoms with Crippen LogP contribution in [0.15, 0.2) is 122 Å². The van der Waals surface area contributed by atoms with Crippen molar-refractivity contribution in [2.45, 2.75) is 232 Å². The molecule has 0 rings (SSSR count). The van der Waals surface area contributed by atoms with Crippen molar-refractivity contribution in [1.29, 1.82) is 0 Å². The summed E-state index contributed by atoms with van der Waals surface area (Å²) in [6.45, 7) is 7.48. The van der Waals surface area contributed by atoms with E-state index in [1.54, 1.807) is 0 Å². The molecule has 1 unspecified atom stereocenters. The van der Waals surface area contributed by atoms with Gasteiger partial charge in [0.25, 0.3) is 0 Å². The Morgan fingerprint density at radius 1 is 0.348 bits per heavy atom. The number of carbonyl (C=O) groups excluding carboxylic acids is 2. The molecule has 0 aromatic carbocycles. The lowest BCUT2D eigenvalue weighted by molar-refractivity contribution is -0.163. The highest BCUT2D eigenvalue weighted by Crippen LogP contribution is 2.12. The Morgan fingerprint density at radius 3 is 1.09 bits per heavy atom. The van der Waals surface area contributed by atoms with E-state index in [9.17, 15) is 9.59 Å².